The van der Waals surface area contributed by atoms with E-state index < -0.39 is 11.1 Å². The molecule has 2 amide bonds. The lowest BCUT2D eigenvalue weighted by Gasteiger charge is -2.47. The van der Waals surface area contributed by atoms with E-state index in [2.05, 4.69) is 10.1 Å². The summed E-state index contributed by atoms with van der Waals surface area (Å²) in [5.41, 5.74) is -0.991. The van der Waals surface area contributed by atoms with Gasteiger partial charge in [0.2, 0.25) is 17.6 Å². The van der Waals surface area contributed by atoms with Gasteiger partial charge in [0, 0.05) is 32.5 Å². The summed E-state index contributed by atoms with van der Waals surface area (Å²) in [6.45, 7) is 10.9. The third-order valence-corrected chi connectivity index (χ3v) is 5.71. The summed E-state index contributed by atoms with van der Waals surface area (Å²) in [7, 11) is 0. The first kappa shape index (κ1) is 22.3. The molecule has 8 nitrogen and oxygen atoms in total. The Hall–Kier alpha value is -2.42. The monoisotopic (exact) mass is 434 g/mol. The Morgan fingerprint density at radius 2 is 2.07 bits per heavy atom. The topological polar surface area (TPSA) is 88.8 Å². The van der Waals surface area contributed by atoms with Gasteiger partial charge in [0.1, 0.15) is 5.60 Å². The second-order valence-corrected chi connectivity index (χ2v) is 10.0. The molecule has 1 aliphatic heterocycles. The van der Waals surface area contributed by atoms with Gasteiger partial charge in [0.15, 0.2) is 0 Å². The van der Waals surface area contributed by atoms with E-state index in [0.29, 0.717) is 50.6 Å². The highest BCUT2D eigenvalue weighted by atomic mass is 32.1. The third kappa shape index (κ3) is 5.59. The number of hydrogen-bond donors (Lipinski definition) is 0. The zero-order valence-corrected chi connectivity index (χ0v) is 19.1. The Morgan fingerprint density at radius 3 is 2.70 bits per heavy atom. The minimum Gasteiger partial charge on any atom is -0.444 e. The Labute approximate surface area is 181 Å². The van der Waals surface area contributed by atoms with Crippen molar-refractivity contribution in [2.75, 3.05) is 19.6 Å². The second kappa shape index (κ2) is 8.75. The maximum atomic E-state index is 12.8. The molecular formula is C21H30N4O4S. The summed E-state index contributed by atoms with van der Waals surface area (Å²) in [5, 5.41) is 5.97. The van der Waals surface area contributed by atoms with E-state index in [-0.39, 0.29) is 12.0 Å². The van der Waals surface area contributed by atoms with Crippen LogP contribution in [0.4, 0.5) is 4.79 Å². The molecule has 1 saturated heterocycles. The van der Waals surface area contributed by atoms with Crippen molar-refractivity contribution in [1.29, 1.82) is 0 Å². The lowest BCUT2D eigenvalue weighted by atomic mass is 9.98. The maximum absolute atomic E-state index is 12.8. The highest BCUT2D eigenvalue weighted by Gasteiger charge is 2.39. The molecule has 1 aliphatic rings. The van der Waals surface area contributed by atoms with Crippen LogP contribution in [0, 0.1) is 0 Å². The predicted octanol–water partition coefficient (Wildman–Crippen LogP) is 3.98. The fraction of sp³-hybridized carbons (Fsp3) is 0.619. The van der Waals surface area contributed by atoms with E-state index in [9.17, 15) is 9.59 Å². The van der Waals surface area contributed by atoms with Crippen LogP contribution in [-0.2, 0) is 16.0 Å². The molecule has 0 aromatic carbocycles. The Balaban J connectivity index is 1.49. The minimum absolute atomic E-state index is 0.0711. The molecule has 2 aromatic heterocycles. The normalized spacial score (nSPS) is 16.6. The van der Waals surface area contributed by atoms with Gasteiger partial charge < -0.3 is 19.1 Å². The largest absolute Gasteiger partial charge is 0.444 e. The van der Waals surface area contributed by atoms with Crippen LogP contribution in [0.5, 0.6) is 0 Å². The lowest BCUT2D eigenvalue weighted by Crippen LogP contribution is -2.62. The number of thiophene rings is 1. The summed E-state index contributed by atoms with van der Waals surface area (Å²) < 4.78 is 10.8. The first-order chi connectivity index (χ1) is 14.0. The smallest absolute Gasteiger partial charge is 0.410 e. The molecule has 0 spiro atoms. The molecule has 3 heterocycles. The van der Waals surface area contributed by atoms with Gasteiger partial charge in [-0.2, -0.15) is 4.98 Å². The number of carbonyl (C=O) groups excluding carboxylic acids is 2. The summed E-state index contributed by atoms with van der Waals surface area (Å²) in [5.74, 6) is 1.20. The maximum Gasteiger partial charge on any atom is 0.410 e. The highest BCUT2D eigenvalue weighted by molar-refractivity contribution is 7.13. The van der Waals surface area contributed by atoms with Crippen LogP contribution in [-0.4, -0.2) is 62.7 Å². The number of nitrogens with zero attached hydrogens (tertiary/aromatic N) is 4. The summed E-state index contributed by atoms with van der Waals surface area (Å²) >= 11 is 1.56. The molecule has 164 valence electrons. The molecule has 1 fully saturated rings. The van der Waals surface area contributed by atoms with E-state index in [1.54, 1.807) is 16.2 Å². The number of ether oxygens (including phenoxy) is 1. The number of aromatic nitrogens is 2. The van der Waals surface area contributed by atoms with Crippen molar-refractivity contribution >= 4 is 23.3 Å². The molecule has 2 aromatic rings. The van der Waals surface area contributed by atoms with Crippen molar-refractivity contribution in [2.45, 2.75) is 65.0 Å². The van der Waals surface area contributed by atoms with E-state index in [0.717, 1.165) is 4.88 Å². The van der Waals surface area contributed by atoms with Crippen molar-refractivity contribution in [3.05, 3.63) is 23.4 Å². The van der Waals surface area contributed by atoms with Gasteiger partial charge >= 0.3 is 6.09 Å². The van der Waals surface area contributed by atoms with Crippen LogP contribution in [0.15, 0.2) is 22.0 Å². The van der Waals surface area contributed by atoms with Gasteiger partial charge in [-0.25, -0.2) is 4.79 Å². The van der Waals surface area contributed by atoms with Crippen molar-refractivity contribution in [3.63, 3.8) is 0 Å². The number of hydrogen-bond acceptors (Lipinski definition) is 7. The number of carbonyl (C=O) groups is 2. The Kier molecular flexibility index (Phi) is 6.50. The van der Waals surface area contributed by atoms with Crippen LogP contribution in [0.25, 0.3) is 10.7 Å². The lowest BCUT2D eigenvalue weighted by molar-refractivity contribution is -0.140. The van der Waals surface area contributed by atoms with Crippen LogP contribution >= 0.6 is 11.3 Å². The summed E-state index contributed by atoms with van der Waals surface area (Å²) in [6, 6.07) is 3.89. The van der Waals surface area contributed by atoms with Gasteiger partial charge in [-0.05, 0) is 52.5 Å². The van der Waals surface area contributed by atoms with Gasteiger partial charge in [0.05, 0.1) is 10.4 Å². The van der Waals surface area contributed by atoms with Crippen LogP contribution in [0.2, 0.25) is 0 Å². The van der Waals surface area contributed by atoms with Crippen molar-refractivity contribution in [3.8, 4) is 10.7 Å². The molecule has 0 unspecified atom stereocenters. The fourth-order valence-electron chi connectivity index (χ4n) is 3.49. The van der Waals surface area contributed by atoms with E-state index in [1.165, 1.54) is 0 Å². The van der Waals surface area contributed by atoms with E-state index in [4.69, 9.17) is 9.26 Å². The highest BCUT2D eigenvalue weighted by Crippen LogP contribution is 2.25. The molecule has 9 heteroatoms. The first-order valence-corrected chi connectivity index (χ1v) is 11.1. The van der Waals surface area contributed by atoms with E-state index in [1.807, 2.05) is 57.0 Å². The van der Waals surface area contributed by atoms with E-state index >= 15 is 0 Å². The molecule has 3 rings (SSSR count). The van der Waals surface area contributed by atoms with Crippen LogP contribution < -0.4 is 0 Å². The number of rotatable bonds is 5. The van der Waals surface area contributed by atoms with Crippen molar-refractivity contribution in [1.82, 2.24) is 19.9 Å². The predicted molar refractivity (Wildman–Crippen MR) is 114 cm³/mol. The third-order valence-electron chi connectivity index (χ3n) is 4.85. The zero-order valence-electron chi connectivity index (χ0n) is 18.3. The first-order valence-electron chi connectivity index (χ1n) is 10.2. The molecule has 0 atom stereocenters. The molecule has 0 radical (unpaired) electrons. The average Bonchev–Trinajstić information content (AvgIpc) is 3.30. The summed E-state index contributed by atoms with van der Waals surface area (Å²) in [4.78, 5) is 34.1. The Morgan fingerprint density at radius 1 is 1.30 bits per heavy atom. The number of piperazine rings is 1. The molecule has 0 N–H and O–H groups in total. The van der Waals surface area contributed by atoms with Gasteiger partial charge in [-0.3, -0.25) is 4.79 Å². The molecule has 0 aliphatic carbocycles. The molecular weight excluding hydrogens is 404 g/mol. The van der Waals surface area contributed by atoms with Gasteiger partial charge in [-0.1, -0.05) is 11.2 Å². The quantitative estimate of drug-likeness (QED) is 0.707. The number of aryl methyl sites for hydroxylation is 1. The zero-order chi connectivity index (χ0) is 21.9. The molecule has 0 bridgehead atoms. The van der Waals surface area contributed by atoms with Crippen LogP contribution in [0.3, 0.4) is 0 Å². The standard InChI is InChI=1S/C21H30N4O4S/c1-20(2,3)28-19(27)24-11-12-25(21(4,5)14-24)17(26)10-6-9-16-22-18(23-29-16)15-8-7-13-30-15/h7-8,13H,6,9-12,14H2,1-5H3. The summed E-state index contributed by atoms with van der Waals surface area (Å²) in [6.07, 6.45) is 1.25. The fourth-order valence-corrected chi connectivity index (χ4v) is 4.14. The van der Waals surface area contributed by atoms with Crippen molar-refractivity contribution < 1.29 is 18.8 Å². The minimum atomic E-state index is -0.535. The van der Waals surface area contributed by atoms with Crippen LogP contribution in [0.1, 0.15) is 53.4 Å². The SMILES string of the molecule is CC(C)(C)OC(=O)N1CCN(C(=O)CCCc2nc(-c3cccs3)no2)C(C)(C)C1. The van der Waals surface area contributed by atoms with Crippen molar-refractivity contribution in [2.24, 2.45) is 0 Å². The Bertz CT molecular complexity index is 870. The van der Waals surface area contributed by atoms with Gasteiger partial charge in [-0.15, -0.1) is 11.3 Å². The average molecular weight is 435 g/mol. The van der Waals surface area contributed by atoms with Gasteiger partial charge in [0.25, 0.3) is 0 Å². The molecule has 0 saturated carbocycles. The molecule has 30 heavy (non-hydrogen) atoms. The number of amides is 2. The second-order valence-electron chi connectivity index (χ2n) is 9.10.